The normalized spacial score (nSPS) is 11.9. The Morgan fingerprint density at radius 1 is 1.52 bits per heavy atom. The Kier molecular flexibility index (Phi) is 6.62. The van der Waals surface area contributed by atoms with Crippen LogP contribution in [0.5, 0.6) is 0 Å². The molecule has 0 aliphatic rings. The third-order valence-corrected chi connectivity index (χ3v) is 4.88. The Morgan fingerprint density at radius 3 is 2.91 bits per heavy atom. The number of carbonyl (C=O) groups excluding carboxylic acids is 1. The molecule has 5 nitrogen and oxygen atoms in total. The van der Waals surface area contributed by atoms with Crippen LogP contribution in [0, 0.1) is 0 Å². The quantitative estimate of drug-likeness (QED) is 0.678. The fourth-order valence-electron chi connectivity index (χ4n) is 2.56. The van der Waals surface area contributed by atoms with Crippen molar-refractivity contribution in [2.75, 3.05) is 20.3 Å². The van der Waals surface area contributed by atoms with Gasteiger partial charge in [-0.1, -0.05) is 25.4 Å². The van der Waals surface area contributed by atoms with Crippen LogP contribution in [-0.2, 0) is 9.53 Å². The highest BCUT2D eigenvalue weighted by Crippen LogP contribution is 2.22. The molecule has 0 atom stereocenters. The maximum absolute atomic E-state index is 12.6. The molecule has 2 rings (SSSR count). The molecule has 2 heterocycles. The summed E-state index contributed by atoms with van der Waals surface area (Å²) in [4.78, 5) is 19.5. The van der Waals surface area contributed by atoms with Gasteiger partial charge in [-0.3, -0.25) is 9.20 Å². The minimum atomic E-state index is -0.0306. The molecule has 0 unspecified atom stereocenters. The second-order valence-corrected chi connectivity index (χ2v) is 6.40. The van der Waals surface area contributed by atoms with Gasteiger partial charge in [0.15, 0.2) is 10.1 Å². The van der Waals surface area contributed by atoms with E-state index in [1.807, 2.05) is 20.9 Å². The summed E-state index contributed by atoms with van der Waals surface area (Å²) in [6.07, 6.45) is 7.04. The molecule has 1 amide bonds. The summed E-state index contributed by atoms with van der Waals surface area (Å²) < 4.78 is 7.01. The van der Waals surface area contributed by atoms with Gasteiger partial charge in [-0.25, -0.2) is 4.98 Å². The monoisotopic (exact) mass is 355 g/mol. The number of nitrogens with zero attached hydrogens (tertiary/aromatic N) is 3. The van der Waals surface area contributed by atoms with Crippen LogP contribution in [-0.4, -0.2) is 46.5 Å². The van der Waals surface area contributed by atoms with Gasteiger partial charge in [-0.15, -0.1) is 11.3 Å². The number of rotatable bonds is 8. The van der Waals surface area contributed by atoms with Gasteiger partial charge in [-0.2, -0.15) is 0 Å². The molecule has 23 heavy (non-hydrogen) atoms. The van der Waals surface area contributed by atoms with Crippen molar-refractivity contribution in [1.82, 2.24) is 14.3 Å². The molecule has 126 valence electrons. The van der Waals surface area contributed by atoms with Crippen LogP contribution < -0.4 is 0 Å². The van der Waals surface area contributed by atoms with Crippen molar-refractivity contribution >= 4 is 39.9 Å². The summed E-state index contributed by atoms with van der Waals surface area (Å²) >= 11 is 7.66. The SMILES string of the molecule is CCC(CC)N(CCOC)C(=O)/C=C/c1c(Cl)nc2sccn12. The van der Waals surface area contributed by atoms with Crippen LogP contribution in [0.3, 0.4) is 0 Å². The zero-order chi connectivity index (χ0) is 16.8. The van der Waals surface area contributed by atoms with Crippen molar-refractivity contribution in [3.8, 4) is 0 Å². The van der Waals surface area contributed by atoms with E-state index < -0.39 is 0 Å². The van der Waals surface area contributed by atoms with Crippen LogP contribution in [0.1, 0.15) is 32.4 Å². The molecule has 0 aliphatic heterocycles. The molecule has 0 saturated heterocycles. The average molecular weight is 356 g/mol. The third-order valence-electron chi connectivity index (χ3n) is 3.84. The highest BCUT2D eigenvalue weighted by Gasteiger charge is 2.19. The molecule has 0 N–H and O–H groups in total. The zero-order valence-electron chi connectivity index (χ0n) is 13.7. The summed E-state index contributed by atoms with van der Waals surface area (Å²) in [5.41, 5.74) is 0.729. The van der Waals surface area contributed by atoms with E-state index in [0.29, 0.717) is 18.3 Å². The first-order valence-corrected chi connectivity index (χ1v) is 8.96. The number of aromatic nitrogens is 2. The molecular weight excluding hydrogens is 334 g/mol. The Bertz CT molecular complexity index is 676. The number of hydrogen-bond donors (Lipinski definition) is 0. The maximum Gasteiger partial charge on any atom is 0.246 e. The number of fused-ring (bicyclic) bond motifs is 1. The first-order chi connectivity index (χ1) is 11.1. The minimum absolute atomic E-state index is 0.0306. The van der Waals surface area contributed by atoms with Gasteiger partial charge in [0.05, 0.1) is 12.3 Å². The van der Waals surface area contributed by atoms with E-state index in [1.165, 1.54) is 11.3 Å². The van der Waals surface area contributed by atoms with E-state index in [4.69, 9.17) is 16.3 Å². The van der Waals surface area contributed by atoms with E-state index in [1.54, 1.807) is 19.3 Å². The van der Waals surface area contributed by atoms with E-state index in [2.05, 4.69) is 18.8 Å². The lowest BCUT2D eigenvalue weighted by Gasteiger charge is -2.29. The van der Waals surface area contributed by atoms with Gasteiger partial charge in [0.2, 0.25) is 5.91 Å². The standard InChI is InChI=1S/C16H22ClN3O2S/c1-4-12(5-2)19(8-10-22-3)14(21)7-6-13-15(17)18-16-20(13)9-11-23-16/h6-7,9,11-12H,4-5,8,10H2,1-3H3/b7-6+. The van der Waals surface area contributed by atoms with Gasteiger partial charge in [0.25, 0.3) is 0 Å². The number of carbonyl (C=O) groups is 1. The van der Waals surface area contributed by atoms with Gasteiger partial charge < -0.3 is 9.64 Å². The maximum atomic E-state index is 12.6. The van der Waals surface area contributed by atoms with Gasteiger partial charge in [0.1, 0.15) is 0 Å². The number of imidazole rings is 1. The molecule has 0 aromatic carbocycles. The van der Waals surface area contributed by atoms with E-state index in [9.17, 15) is 4.79 Å². The molecular formula is C16H22ClN3O2S. The van der Waals surface area contributed by atoms with Crippen molar-refractivity contribution < 1.29 is 9.53 Å². The Balaban J connectivity index is 2.19. The smallest absolute Gasteiger partial charge is 0.246 e. The summed E-state index contributed by atoms with van der Waals surface area (Å²) in [5.74, 6) is -0.0306. The van der Waals surface area contributed by atoms with Gasteiger partial charge >= 0.3 is 0 Å². The fourth-order valence-corrected chi connectivity index (χ4v) is 3.57. The van der Waals surface area contributed by atoms with E-state index in [0.717, 1.165) is 23.5 Å². The van der Waals surface area contributed by atoms with Crippen LogP contribution >= 0.6 is 22.9 Å². The van der Waals surface area contributed by atoms with Crippen molar-refractivity contribution in [3.05, 3.63) is 28.5 Å². The van der Waals surface area contributed by atoms with Crippen molar-refractivity contribution in [2.24, 2.45) is 0 Å². The topological polar surface area (TPSA) is 46.8 Å². The lowest BCUT2D eigenvalue weighted by atomic mass is 10.1. The average Bonchev–Trinajstić information content (AvgIpc) is 3.10. The molecule has 0 spiro atoms. The number of ether oxygens (including phenoxy) is 1. The summed E-state index contributed by atoms with van der Waals surface area (Å²) in [5, 5.41) is 2.35. The molecule has 0 radical (unpaired) electrons. The predicted molar refractivity (Wildman–Crippen MR) is 95.1 cm³/mol. The van der Waals surface area contributed by atoms with Crippen LogP contribution in [0.15, 0.2) is 17.7 Å². The number of amides is 1. The van der Waals surface area contributed by atoms with Crippen LogP contribution in [0.25, 0.3) is 11.0 Å². The Morgan fingerprint density at radius 2 is 2.26 bits per heavy atom. The largest absolute Gasteiger partial charge is 0.383 e. The highest BCUT2D eigenvalue weighted by atomic mass is 35.5. The zero-order valence-corrected chi connectivity index (χ0v) is 15.2. The molecule has 2 aromatic rings. The molecule has 0 aliphatic carbocycles. The van der Waals surface area contributed by atoms with E-state index in [-0.39, 0.29) is 11.9 Å². The lowest BCUT2D eigenvalue weighted by molar-refractivity contribution is -0.129. The fraction of sp³-hybridized carbons (Fsp3) is 0.500. The van der Waals surface area contributed by atoms with Crippen molar-refractivity contribution in [3.63, 3.8) is 0 Å². The summed E-state index contributed by atoms with van der Waals surface area (Å²) in [7, 11) is 1.64. The second-order valence-electron chi connectivity index (χ2n) is 5.17. The first-order valence-electron chi connectivity index (χ1n) is 7.71. The minimum Gasteiger partial charge on any atom is -0.383 e. The van der Waals surface area contributed by atoms with Crippen LogP contribution in [0.2, 0.25) is 5.15 Å². The molecule has 7 heteroatoms. The highest BCUT2D eigenvalue weighted by molar-refractivity contribution is 7.15. The third kappa shape index (κ3) is 4.13. The van der Waals surface area contributed by atoms with Crippen molar-refractivity contribution in [1.29, 1.82) is 0 Å². The number of halogens is 1. The second kappa shape index (κ2) is 8.47. The number of hydrogen-bond acceptors (Lipinski definition) is 4. The predicted octanol–water partition coefficient (Wildman–Crippen LogP) is 3.73. The molecule has 0 saturated carbocycles. The van der Waals surface area contributed by atoms with Gasteiger partial charge in [0, 0.05) is 37.3 Å². The molecule has 0 fully saturated rings. The lowest BCUT2D eigenvalue weighted by Crippen LogP contribution is -2.40. The van der Waals surface area contributed by atoms with Crippen molar-refractivity contribution in [2.45, 2.75) is 32.7 Å². The first kappa shape index (κ1) is 18.0. The van der Waals surface area contributed by atoms with E-state index >= 15 is 0 Å². The molecule has 2 aromatic heterocycles. The summed E-state index contributed by atoms with van der Waals surface area (Å²) in [6, 6.07) is 0.212. The summed E-state index contributed by atoms with van der Waals surface area (Å²) in [6.45, 7) is 5.29. The number of thiazole rings is 1. The Hall–Kier alpha value is -1.37. The molecule has 0 bridgehead atoms. The Labute approximate surface area is 145 Å². The number of methoxy groups -OCH3 is 1. The van der Waals surface area contributed by atoms with Gasteiger partial charge in [-0.05, 0) is 18.9 Å². The van der Waals surface area contributed by atoms with Crippen LogP contribution in [0.4, 0.5) is 0 Å².